The first-order chi connectivity index (χ1) is 13.9. The number of benzene rings is 2. The lowest BCUT2D eigenvalue weighted by Gasteiger charge is -2.15. The van der Waals surface area contributed by atoms with Gasteiger partial charge >= 0.3 is 0 Å². The Morgan fingerprint density at radius 2 is 1.62 bits per heavy atom. The lowest BCUT2D eigenvalue weighted by Crippen LogP contribution is -2.26. The van der Waals surface area contributed by atoms with Crippen LogP contribution in [0.15, 0.2) is 53.4 Å². The van der Waals surface area contributed by atoms with Crippen LogP contribution >= 0.6 is 0 Å². The van der Waals surface area contributed by atoms with E-state index in [1.165, 1.54) is 69.9 Å². The predicted octanol–water partition coefficient (Wildman–Crippen LogP) is 2.39. The van der Waals surface area contributed by atoms with Crippen molar-refractivity contribution in [3.05, 3.63) is 65.2 Å². The fourth-order valence-corrected chi connectivity index (χ4v) is 4.24. The molecular weight excluding hydrogens is 390 g/mol. The van der Waals surface area contributed by atoms with E-state index in [9.17, 15) is 13.2 Å². The van der Waals surface area contributed by atoms with Crippen molar-refractivity contribution in [1.29, 1.82) is 0 Å². The molecule has 2 aromatic rings. The highest BCUT2D eigenvalue weighted by Gasteiger charge is 2.21. The van der Waals surface area contributed by atoms with Gasteiger partial charge in [0.2, 0.25) is 0 Å². The summed E-state index contributed by atoms with van der Waals surface area (Å²) >= 11 is 0. The van der Waals surface area contributed by atoms with Crippen LogP contribution in [-0.2, 0) is 28.0 Å². The highest BCUT2D eigenvalue weighted by Crippen LogP contribution is 2.16. The average molecular weight is 418 g/mol. The van der Waals surface area contributed by atoms with Crippen LogP contribution in [-0.4, -0.2) is 50.9 Å². The van der Waals surface area contributed by atoms with E-state index in [0.29, 0.717) is 12.1 Å². The second-order valence-corrected chi connectivity index (χ2v) is 9.04. The summed E-state index contributed by atoms with van der Waals surface area (Å²) in [7, 11) is -1.14. The SMILES string of the molecule is CON(C)S(=O)(=O)c1ccc(C(=O)NCc2ccc(CN3CCCC3)cc2)cc1. The molecule has 0 unspecified atom stereocenters. The maximum absolute atomic E-state index is 12.4. The lowest BCUT2D eigenvalue weighted by molar-refractivity contribution is -0.0258. The van der Waals surface area contributed by atoms with Gasteiger partial charge in [-0.3, -0.25) is 14.5 Å². The summed E-state index contributed by atoms with van der Waals surface area (Å²) in [6.45, 7) is 3.72. The Balaban J connectivity index is 1.55. The molecule has 1 fully saturated rings. The van der Waals surface area contributed by atoms with Crippen LogP contribution in [0.4, 0.5) is 0 Å². The molecule has 3 rings (SSSR count). The molecule has 2 aromatic carbocycles. The molecule has 156 valence electrons. The summed E-state index contributed by atoms with van der Waals surface area (Å²) in [5.74, 6) is -0.254. The van der Waals surface area contributed by atoms with Crippen LogP contribution in [0.2, 0.25) is 0 Å². The van der Waals surface area contributed by atoms with Crippen LogP contribution in [0.5, 0.6) is 0 Å². The van der Waals surface area contributed by atoms with Gasteiger partial charge in [-0.15, -0.1) is 0 Å². The summed E-state index contributed by atoms with van der Waals surface area (Å²) in [5, 5.41) is 2.87. The Hall–Kier alpha value is -2.26. The third-order valence-corrected chi connectivity index (χ3v) is 6.78. The van der Waals surface area contributed by atoms with Crippen molar-refractivity contribution in [2.45, 2.75) is 30.8 Å². The third kappa shape index (κ3) is 5.42. The number of nitrogens with zero attached hydrogens (tertiary/aromatic N) is 2. The molecule has 1 saturated heterocycles. The number of rotatable bonds is 8. The highest BCUT2D eigenvalue weighted by atomic mass is 32.2. The van der Waals surface area contributed by atoms with Gasteiger partial charge in [0.15, 0.2) is 0 Å². The number of carbonyl (C=O) groups is 1. The molecular formula is C21H27N3O4S. The van der Waals surface area contributed by atoms with Crippen molar-refractivity contribution < 1.29 is 18.0 Å². The smallest absolute Gasteiger partial charge is 0.264 e. The molecule has 0 radical (unpaired) electrons. The fraction of sp³-hybridized carbons (Fsp3) is 0.381. The summed E-state index contributed by atoms with van der Waals surface area (Å²) in [6.07, 6.45) is 2.56. The first kappa shape index (κ1) is 21.4. The number of hydrogen-bond donors (Lipinski definition) is 1. The zero-order valence-corrected chi connectivity index (χ0v) is 17.6. The Morgan fingerprint density at radius 3 is 2.21 bits per heavy atom. The van der Waals surface area contributed by atoms with Crippen molar-refractivity contribution in [2.75, 3.05) is 27.2 Å². The number of nitrogens with one attached hydrogen (secondary N) is 1. The van der Waals surface area contributed by atoms with Crippen LogP contribution in [0.25, 0.3) is 0 Å². The van der Waals surface area contributed by atoms with E-state index in [4.69, 9.17) is 4.84 Å². The molecule has 0 atom stereocenters. The predicted molar refractivity (Wildman–Crippen MR) is 111 cm³/mol. The number of sulfonamides is 1. The van der Waals surface area contributed by atoms with Crippen molar-refractivity contribution in [1.82, 2.24) is 14.7 Å². The highest BCUT2D eigenvalue weighted by molar-refractivity contribution is 7.89. The standard InChI is InChI=1S/C21H27N3O4S/c1-23(28-2)29(26,27)20-11-9-19(10-12-20)21(25)22-15-17-5-7-18(8-6-17)16-24-13-3-4-14-24/h5-12H,3-4,13-16H2,1-2H3,(H,22,25). The second kappa shape index (κ2) is 9.49. The second-order valence-electron chi connectivity index (χ2n) is 7.10. The van der Waals surface area contributed by atoms with Gasteiger partial charge in [-0.25, -0.2) is 8.42 Å². The molecule has 0 spiro atoms. The van der Waals surface area contributed by atoms with Crippen molar-refractivity contribution >= 4 is 15.9 Å². The number of carbonyl (C=O) groups excluding carboxylic acids is 1. The van der Waals surface area contributed by atoms with Gasteiger partial charge in [0.25, 0.3) is 15.9 Å². The molecule has 1 amide bonds. The van der Waals surface area contributed by atoms with Crippen molar-refractivity contribution in [3.8, 4) is 0 Å². The number of hydroxylamine groups is 1. The zero-order chi connectivity index (χ0) is 20.9. The van der Waals surface area contributed by atoms with Crippen LogP contribution < -0.4 is 5.32 Å². The van der Waals surface area contributed by atoms with Crippen LogP contribution in [0, 0.1) is 0 Å². The number of likely N-dealkylation sites (tertiary alicyclic amines) is 1. The van der Waals surface area contributed by atoms with Crippen molar-refractivity contribution in [3.63, 3.8) is 0 Å². The van der Waals surface area contributed by atoms with Gasteiger partial charge in [0, 0.05) is 25.7 Å². The summed E-state index contributed by atoms with van der Waals surface area (Å²) in [5.41, 5.74) is 2.69. The topological polar surface area (TPSA) is 78.9 Å². The van der Waals surface area contributed by atoms with Gasteiger partial charge in [-0.2, -0.15) is 0 Å². The van der Waals surface area contributed by atoms with Crippen LogP contribution in [0.3, 0.4) is 0 Å². The first-order valence-corrected chi connectivity index (χ1v) is 11.1. The van der Waals surface area contributed by atoms with Gasteiger partial charge in [-0.1, -0.05) is 28.7 Å². The van der Waals surface area contributed by atoms with E-state index in [1.807, 2.05) is 12.1 Å². The molecule has 7 nitrogen and oxygen atoms in total. The summed E-state index contributed by atoms with van der Waals surface area (Å²) in [4.78, 5) is 19.6. The molecule has 1 aliphatic rings. The Kier molecular flexibility index (Phi) is 7.02. The zero-order valence-electron chi connectivity index (χ0n) is 16.8. The van der Waals surface area contributed by atoms with E-state index in [0.717, 1.165) is 16.6 Å². The maximum atomic E-state index is 12.4. The Labute approximate surface area is 172 Å². The molecule has 8 heteroatoms. The monoisotopic (exact) mass is 417 g/mol. The summed E-state index contributed by atoms with van der Waals surface area (Å²) in [6, 6.07) is 14.0. The fourth-order valence-electron chi connectivity index (χ4n) is 3.27. The van der Waals surface area contributed by atoms with Gasteiger partial charge in [0.05, 0.1) is 12.0 Å². The maximum Gasteiger partial charge on any atom is 0.264 e. The molecule has 0 bridgehead atoms. The van der Waals surface area contributed by atoms with Crippen molar-refractivity contribution in [2.24, 2.45) is 0 Å². The normalized spacial score (nSPS) is 15.0. The molecule has 1 aliphatic heterocycles. The molecule has 0 saturated carbocycles. The quantitative estimate of drug-likeness (QED) is 0.668. The molecule has 1 N–H and O–H groups in total. The molecule has 0 aromatic heterocycles. The van der Waals surface area contributed by atoms with E-state index in [1.54, 1.807) is 0 Å². The largest absolute Gasteiger partial charge is 0.348 e. The van der Waals surface area contributed by atoms with E-state index in [2.05, 4.69) is 22.3 Å². The molecule has 0 aliphatic carbocycles. The number of hydrogen-bond acceptors (Lipinski definition) is 5. The van der Waals surface area contributed by atoms with Gasteiger partial charge in [-0.05, 0) is 61.3 Å². The van der Waals surface area contributed by atoms with Crippen LogP contribution in [0.1, 0.15) is 34.3 Å². The van der Waals surface area contributed by atoms with Gasteiger partial charge in [0.1, 0.15) is 0 Å². The first-order valence-electron chi connectivity index (χ1n) is 9.61. The Morgan fingerprint density at radius 1 is 1.03 bits per heavy atom. The lowest BCUT2D eigenvalue weighted by atomic mass is 10.1. The Bertz CT molecular complexity index is 921. The van der Waals surface area contributed by atoms with E-state index < -0.39 is 10.0 Å². The molecule has 1 heterocycles. The average Bonchev–Trinajstić information content (AvgIpc) is 3.25. The third-order valence-electron chi connectivity index (χ3n) is 5.09. The minimum absolute atomic E-state index is 0.0620. The van der Waals surface area contributed by atoms with E-state index >= 15 is 0 Å². The number of amides is 1. The van der Waals surface area contributed by atoms with E-state index in [-0.39, 0.29) is 10.8 Å². The summed E-state index contributed by atoms with van der Waals surface area (Å²) < 4.78 is 25.2. The van der Waals surface area contributed by atoms with Gasteiger partial charge < -0.3 is 5.32 Å². The minimum atomic E-state index is -3.72. The molecule has 29 heavy (non-hydrogen) atoms. The minimum Gasteiger partial charge on any atom is -0.348 e.